The number of hydrogen-bond donors (Lipinski definition) is 1. The molecule has 0 bridgehead atoms. The molecular formula is C21H14ClF3N4O. The molecule has 0 atom stereocenters. The van der Waals surface area contributed by atoms with E-state index in [2.05, 4.69) is 15.4 Å². The van der Waals surface area contributed by atoms with Crippen LogP contribution in [-0.4, -0.2) is 20.5 Å². The largest absolute Gasteiger partial charge is 0.417 e. The normalized spacial score (nSPS) is 11.6. The molecule has 9 heteroatoms. The number of nitrogens with zero attached hydrogens (tertiary/aromatic N) is 3. The number of aromatic nitrogens is 3. The molecule has 0 spiro atoms. The van der Waals surface area contributed by atoms with Gasteiger partial charge >= 0.3 is 6.18 Å². The van der Waals surface area contributed by atoms with Gasteiger partial charge in [0.2, 0.25) is 5.91 Å². The highest BCUT2D eigenvalue weighted by Crippen LogP contribution is 2.36. The van der Waals surface area contributed by atoms with Crippen molar-refractivity contribution >= 4 is 28.8 Å². The molecule has 0 saturated carbocycles. The second-order valence-electron chi connectivity index (χ2n) is 6.59. The van der Waals surface area contributed by atoms with E-state index in [0.29, 0.717) is 0 Å². The minimum Gasteiger partial charge on any atom is -0.326 e. The van der Waals surface area contributed by atoms with E-state index < -0.39 is 22.7 Å². The van der Waals surface area contributed by atoms with Gasteiger partial charge in [-0.05, 0) is 47.0 Å². The van der Waals surface area contributed by atoms with Crippen molar-refractivity contribution in [2.45, 2.75) is 12.6 Å². The number of hydrogen-bond acceptors (Lipinski definition) is 3. The molecule has 0 fully saturated rings. The number of fused-ring (bicyclic) bond motifs is 1. The summed E-state index contributed by atoms with van der Waals surface area (Å²) in [5, 5.41) is 6.11. The Kier molecular flexibility index (Phi) is 5.17. The Labute approximate surface area is 174 Å². The molecule has 152 valence electrons. The first-order chi connectivity index (χ1) is 14.3. The second kappa shape index (κ2) is 7.79. The summed E-state index contributed by atoms with van der Waals surface area (Å²) in [7, 11) is 0. The summed E-state index contributed by atoms with van der Waals surface area (Å²) < 4.78 is 40.5. The Balaban J connectivity index is 1.45. The van der Waals surface area contributed by atoms with Crippen LogP contribution < -0.4 is 5.32 Å². The number of halogens is 4. The lowest BCUT2D eigenvalue weighted by atomic mass is 10.0. The zero-order chi connectivity index (χ0) is 21.3. The fraction of sp³-hybridized carbons (Fsp3) is 0.0952. The van der Waals surface area contributed by atoms with Gasteiger partial charge in [-0.3, -0.25) is 4.79 Å². The average Bonchev–Trinajstić information content (AvgIpc) is 3.17. The van der Waals surface area contributed by atoms with Crippen LogP contribution in [0, 0.1) is 0 Å². The molecule has 0 aliphatic heterocycles. The Bertz CT molecular complexity index is 1220. The van der Waals surface area contributed by atoms with Crippen LogP contribution in [0.5, 0.6) is 0 Å². The summed E-state index contributed by atoms with van der Waals surface area (Å²) in [6.07, 6.45) is -1.30. The number of alkyl halides is 3. The van der Waals surface area contributed by atoms with Crippen molar-refractivity contribution in [1.82, 2.24) is 14.6 Å². The molecule has 0 aliphatic carbocycles. The lowest BCUT2D eigenvalue weighted by molar-refractivity contribution is -0.137. The fourth-order valence-corrected chi connectivity index (χ4v) is 3.25. The highest BCUT2D eigenvalue weighted by molar-refractivity contribution is 6.31. The Morgan fingerprint density at radius 1 is 1.03 bits per heavy atom. The van der Waals surface area contributed by atoms with Gasteiger partial charge in [0.25, 0.3) is 0 Å². The molecule has 0 unspecified atom stereocenters. The molecule has 0 radical (unpaired) electrons. The summed E-state index contributed by atoms with van der Waals surface area (Å²) in [5.41, 5.74) is 2.39. The second-order valence-corrected chi connectivity index (χ2v) is 7.00. The molecule has 2 aromatic heterocycles. The van der Waals surface area contributed by atoms with E-state index in [1.165, 1.54) is 12.4 Å². The smallest absolute Gasteiger partial charge is 0.326 e. The van der Waals surface area contributed by atoms with Gasteiger partial charge in [-0.15, -0.1) is 0 Å². The first-order valence-corrected chi connectivity index (χ1v) is 9.23. The highest BCUT2D eigenvalue weighted by atomic mass is 35.5. The Hall–Kier alpha value is -3.39. The summed E-state index contributed by atoms with van der Waals surface area (Å²) in [6.45, 7) is 0. The summed E-state index contributed by atoms with van der Waals surface area (Å²) >= 11 is 5.60. The van der Waals surface area contributed by atoms with Crippen LogP contribution in [0.1, 0.15) is 11.1 Å². The summed E-state index contributed by atoms with van der Waals surface area (Å²) in [6, 6.07) is 14.4. The van der Waals surface area contributed by atoms with Crippen LogP contribution in [-0.2, 0) is 17.4 Å². The van der Waals surface area contributed by atoms with Crippen LogP contribution in [0.3, 0.4) is 0 Å². The van der Waals surface area contributed by atoms with Crippen molar-refractivity contribution < 1.29 is 18.0 Å². The molecule has 5 nitrogen and oxygen atoms in total. The molecule has 1 N–H and O–H groups in total. The monoisotopic (exact) mass is 430 g/mol. The number of amides is 1. The molecule has 0 saturated heterocycles. The van der Waals surface area contributed by atoms with E-state index in [1.54, 1.807) is 22.8 Å². The SMILES string of the molecule is O=C(Cc1ccc(-c2ccn3ncnc3c2)cc1)Nc1ccc(Cl)c(C(F)(F)F)c1. The predicted octanol–water partition coefficient (Wildman–Crippen LogP) is 5.25. The highest BCUT2D eigenvalue weighted by Gasteiger charge is 2.33. The molecule has 1 amide bonds. The van der Waals surface area contributed by atoms with Gasteiger partial charge in [0.15, 0.2) is 5.65 Å². The third-order valence-electron chi connectivity index (χ3n) is 4.49. The minimum absolute atomic E-state index is 0.0213. The number of nitrogens with one attached hydrogen (secondary N) is 1. The van der Waals surface area contributed by atoms with Crippen LogP contribution in [0.25, 0.3) is 16.8 Å². The summed E-state index contributed by atoms with van der Waals surface area (Å²) in [5.74, 6) is -0.428. The van der Waals surface area contributed by atoms with Crippen LogP contribution in [0.4, 0.5) is 18.9 Å². The third kappa shape index (κ3) is 4.28. The van der Waals surface area contributed by atoms with Crippen LogP contribution in [0.15, 0.2) is 67.1 Å². The molecule has 4 rings (SSSR count). The number of rotatable bonds is 4. The molecule has 4 aromatic rings. The zero-order valence-corrected chi connectivity index (χ0v) is 16.1. The molecule has 0 aliphatic rings. The van der Waals surface area contributed by atoms with Crippen LogP contribution in [0.2, 0.25) is 5.02 Å². The molecule has 2 heterocycles. The van der Waals surface area contributed by atoms with E-state index in [4.69, 9.17) is 11.6 Å². The van der Waals surface area contributed by atoms with Gasteiger partial charge < -0.3 is 5.32 Å². The van der Waals surface area contributed by atoms with Crippen molar-refractivity contribution in [1.29, 1.82) is 0 Å². The number of anilines is 1. The van der Waals surface area contributed by atoms with Gasteiger partial charge in [-0.2, -0.15) is 18.3 Å². The van der Waals surface area contributed by atoms with E-state index >= 15 is 0 Å². The van der Waals surface area contributed by atoms with Crippen molar-refractivity contribution in [3.63, 3.8) is 0 Å². The van der Waals surface area contributed by atoms with Crippen molar-refractivity contribution in [2.24, 2.45) is 0 Å². The van der Waals surface area contributed by atoms with Gasteiger partial charge in [0, 0.05) is 11.9 Å². The van der Waals surface area contributed by atoms with Gasteiger partial charge in [-0.25, -0.2) is 9.50 Å². The Morgan fingerprint density at radius 3 is 2.53 bits per heavy atom. The van der Waals surface area contributed by atoms with Crippen LogP contribution >= 0.6 is 11.6 Å². The van der Waals surface area contributed by atoms with E-state index in [0.717, 1.165) is 34.5 Å². The first kappa shape index (κ1) is 19.9. The molecular weight excluding hydrogens is 417 g/mol. The van der Waals surface area contributed by atoms with Gasteiger partial charge in [0.05, 0.1) is 17.0 Å². The van der Waals surface area contributed by atoms with Crippen molar-refractivity contribution in [3.05, 3.63) is 83.3 Å². The maximum atomic E-state index is 13.0. The van der Waals surface area contributed by atoms with E-state index in [1.807, 2.05) is 24.3 Å². The minimum atomic E-state index is -4.59. The fourth-order valence-electron chi connectivity index (χ4n) is 3.02. The number of benzene rings is 2. The van der Waals surface area contributed by atoms with Crippen molar-refractivity contribution in [2.75, 3.05) is 5.32 Å². The van der Waals surface area contributed by atoms with E-state index in [9.17, 15) is 18.0 Å². The van der Waals surface area contributed by atoms with Gasteiger partial charge in [-0.1, -0.05) is 35.9 Å². The zero-order valence-electron chi connectivity index (χ0n) is 15.3. The van der Waals surface area contributed by atoms with Crippen molar-refractivity contribution in [3.8, 4) is 11.1 Å². The first-order valence-electron chi connectivity index (χ1n) is 8.85. The number of carbonyl (C=O) groups is 1. The topological polar surface area (TPSA) is 59.3 Å². The molecule has 2 aromatic carbocycles. The lowest BCUT2D eigenvalue weighted by Crippen LogP contribution is -2.15. The maximum absolute atomic E-state index is 13.0. The standard InChI is InChI=1S/C21H14ClF3N4O/c22-18-6-5-16(11-17(18)21(23,24)25)28-20(30)9-13-1-3-14(4-2-13)15-7-8-29-19(10-15)26-12-27-29/h1-8,10-12H,9H2,(H,28,30). The Morgan fingerprint density at radius 2 is 1.80 bits per heavy atom. The quantitative estimate of drug-likeness (QED) is 0.481. The van der Waals surface area contributed by atoms with Gasteiger partial charge in [0.1, 0.15) is 6.33 Å². The summed E-state index contributed by atoms with van der Waals surface area (Å²) in [4.78, 5) is 16.4. The van der Waals surface area contributed by atoms with E-state index in [-0.39, 0.29) is 12.1 Å². The maximum Gasteiger partial charge on any atom is 0.417 e. The third-order valence-corrected chi connectivity index (χ3v) is 4.82. The number of pyridine rings is 1. The average molecular weight is 431 g/mol. The predicted molar refractivity (Wildman–Crippen MR) is 107 cm³/mol. The molecule has 30 heavy (non-hydrogen) atoms. The number of carbonyl (C=O) groups excluding carboxylic acids is 1. The lowest BCUT2D eigenvalue weighted by Gasteiger charge is -2.12.